The highest BCUT2D eigenvalue weighted by atomic mass is 35.5. The van der Waals surface area contributed by atoms with Gasteiger partial charge in [0.2, 0.25) is 5.91 Å². The molecule has 92 valence electrons. The third kappa shape index (κ3) is 3.45. The summed E-state index contributed by atoms with van der Waals surface area (Å²) in [6, 6.07) is 0.390. The van der Waals surface area contributed by atoms with Gasteiger partial charge in [-0.05, 0) is 12.8 Å². The standard InChI is InChI=1S/C10H14ClN5O/c11-9-8(12)10(15-5-14-9)13-4-3-7(17)16-6-1-2-6/h5-6H,1-4,12H2,(H,16,17)(H,13,14,15). The number of anilines is 2. The Morgan fingerprint density at radius 1 is 1.53 bits per heavy atom. The predicted molar refractivity (Wildman–Crippen MR) is 65.7 cm³/mol. The second-order valence-electron chi connectivity index (χ2n) is 3.95. The lowest BCUT2D eigenvalue weighted by Gasteiger charge is -2.08. The third-order valence-electron chi connectivity index (χ3n) is 2.42. The molecule has 6 nitrogen and oxygen atoms in total. The molecule has 17 heavy (non-hydrogen) atoms. The van der Waals surface area contributed by atoms with Gasteiger partial charge >= 0.3 is 0 Å². The molecular weight excluding hydrogens is 242 g/mol. The van der Waals surface area contributed by atoms with Crippen molar-refractivity contribution in [2.24, 2.45) is 0 Å². The average molecular weight is 256 g/mol. The van der Waals surface area contributed by atoms with Crippen LogP contribution in [0.2, 0.25) is 5.15 Å². The minimum absolute atomic E-state index is 0.0405. The lowest BCUT2D eigenvalue weighted by molar-refractivity contribution is -0.120. The second-order valence-corrected chi connectivity index (χ2v) is 4.30. The SMILES string of the molecule is Nc1c(Cl)ncnc1NCCC(=O)NC1CC1. The van der Waals surface area contributed by atoms with Crippen molar-refractivity contribution >= 4 is 29.0 Å². The van der Waals surface area contributed by atoms with Gasteiger partial charge in [-0.25, -0.2) is 9.97 Å². The fraction of sp³-hybridized carbons (Fsp3) is 0.500. The molecule has 1 aromatic heterocycles. The summed E-state index contributed by atoms with van der Waals surface area (Å²) >= 11 is 5.74. The summed E-state index contributed by atoms with van der Waals surface area (Å²) in [5.41, 5.74) is 5.97. The van der Waals surface area contributed by atoms with Crippen molar-refractivity contribution in [3.63, 3.8) is 0 Å². The van der Waals surface area contributed by atoms with Crippen LogP contribution in [0.3, 0.4) is 0 Å². The van der Waals surface area contributed by atoms with Gasteiger partial charge < -0.3 is 16.4 Å². The van der Waals surface area contributed by atoms with Crippen LogP contribution in [-0.4, -0.2) is 28.5 Å². The van der Waals surface area contributed by atoms with Gasteiger partial charge in [-0.15, -0.1) is 0 Å². The summed E-state index contributed by atoms with van der Waals surface area (Å²) in [6.45, 7) is 0.468. The highest BCUT2D eigenvalue weighted by molar-refractivity contribution is 6.32. The Balaban J connectivity index is 1.77. The van der Waals surface area contributed by atoms with E-state index in [4.69, 9.17) is 17.3 Å². The molecule has 0 atom stereocenters. The number of hydrogen-bond acceptors (Lipinski definition) is 5. The largest absolute Gasteiger partial charge is 0.393 e. The van der Waals surface area contributed by atoms with Crippen LogP contribution in [-0.2, 0) is 4.79 Å². The quantitative estimate of drug-likeness (QED) is 0.677. The highest BCUT2D eigenvalue weighted by Crippen LogP contribution is 2.21. The molecule has 0 radical (unpaired) electrons. The van der Waals surface area contributed by atoms with Gasteiger partial charge in [0.25, 0.3) is 0 Å². The molecule has 0 saturated heterocycles. The topological polar surface area (TPSA) is 92.9 Å². The van der Waals surface area contributed by atoms with E-state index in [1.165, 1.54) is 6.33 Å². The first-order valence-electron chi connectivity index (χ1n) is 5.46. The van der Waals surface area contributed by atoms with Crippen LogP contribution in [0.15, 0.2) is 6.33 Å². The molecule has 1 saturated carbocycles. The van der Waals surface area contributed by atoms with E-state index in [0.29, 0.717) is 30.5 Å². The zero-order valence-electron chi connectivity index (χ0n) is 9.24. The number of nitrogens with one attached hydrogen (secondary N) is 2. The van der Waals surface area contributed by atoms with Crippen molar-refractivity contribution in [1.82, 2.24) is 15.3 Å². The molecule has 1 aliphatic rings. The van der Waals surface area contributed by atoms with Gasteiger partial charge in [-0.1, -0.05) is 11.6 Å². The van der Waals surface area contributed by atoms with Crippen molar-refractivity contribution < 1.29 is 4.79 Å². The number of carbonyl (C=O) groups is 1. The number of carbonyl (C=O) groups excluding carboxylic acids is 1. The molecule has 0 unspecified atom stereocenters. The highest BCUT2D eigenvalue weighted by Gasteiger charge is 2.22. The Labute approximate surface area is 104 Å². The van der Waals surface area contributed by atoms with Crippen LogP contribution in [0.1, 0.15) is 19.3 Å². The molecule has 1 heterocycles. The van der Waals surface area contributed by atoms with E-state index in [-0.39, 0.29) is 11.1 Å². The van der Waals surface area contributed by atoms with Crippen LogP contribution >= 0.6 is 11.6 Å². The van der Waals surface area contributed by atoms with Crippen LogP contribution in [0, 0.1) is 0 Å². The average Bonchev–Trinajstić information content (AvgIpc) is 3.08. The number of aromatic nitrogens is 2. The molecule has 1 aromatic rings. The zero-order chi connectivity index (χ0) is 12.3. The maximum Gasteiger partial charge on any atom is 0.221 e. The van der Waals surface area contributed by atoms with Crippen LogP contribution < -0.4 is 16.4 Å². The summed E-state index contributed by atoms with van der Waals surface area (Å²) in [5.74, 6) is 0.503. The van der Waals surface area contributed by atoms with E-state index in [1.807, 2.05) is 0 Å². The molecule has 0 aromatic carbocycles. The first-order chi connectivity index (χ1) is 8.16. The molecule has 2 rings (SSSR count). The summed E-state index contributed by atoms with van der Waals surface area (Å²) in [4.78, 5) is 19.1. The van der Waals surface area contributed by atoms with Crippen molar-refractivity contribution in [3.8, 4) is 0 Å². The molecule has 1 fully saturated rings. The van der Waals surface area contributed by atoms with Crippen molar-refractivity contribution in [1.29, 1.82) is 0 Å². The molecule has 0 bridgehead atoms. The summed E-state index contributed by atoms with van der Waals surface area (Å²) in [5, 5.41) is 6.07. The minimum Gasteiger partial charge on any atom is -0.393 e. The summed E-state index contributed by atoms with van der Waals surface area (Å²) < 4.78 is 0. The van der Waals surface area contributed by atoms with Gasteiger partial charge in [0.15, 0.2) is 11.0 Å². The van der Waals surface area contributed by atoms with E-state index >= 15 is 0 Å². The number of nitrogen functional groups attached to an aromatic ring is 1. The maximum absolute atomic E-state index is 11.4. The molecule has 1 aliphatic carbocycles. The second kappa shape index (κ2) is 5.18. The lowest BCUT2D eigenvalue weighted by atomic mass is 10.3. The van der Waals surface area contributed by atoms with E-state index in [9.17, 15) is 4.79 Å². The van der Waals surface area contributed by atoms with Crippen LogP contribution in [0.4, 0.5) is 11.5 Å². The Morgan fingerprint density at radius 3 is 3.00 bits per heavy atom. The van der Waals surface area contributed by atoms with Crippen molar-refractivity contribution in [3.05, 3.63) is 11.5 Å². The number of hydrogen-bond donors (Lipinski definition) is 3. The Hall–Kier alpha value is -1.56. The van der Waals surface area contributed by atoms with Crippen molar-refractivity contribution in [2.75, 3.05) is 17.6 Å². The first-order valence-corrected chi connectivity index (χ1v) is 5.84. The van der Waals surface area contributed by atoms with Gasteiger partial charge in [-0.2, -0.15) is 0 Å². The molecule has 7 heteroatoms. The number of halogens is 1. The monoisotopic (exact) mass is 255 g/mol. The predicted octanol–water partition coefficient (Wildman–Crippen LogP) is 0.793. The minimum atomic E-state index is 0.0405. The third-order valence-corrected chi connectivity index (χ3v) is 2.72. The Morgan fingerprint density at radius 2 is 2.29 bits per heavy atom. The number of nitrogens with two attached hydrogens (primary N) is 1. The number of nitrogens with zero attached hydrogens (tertiary/aromatic N) is 2. The Kier molecular flexibility index (Phi) is 3.63. The van der Waals surface area contributed by atoms with E-state index in [2.05, 4.69) is 20.6 Å². The number of rotatable bonds is 5. The summed E-state index contributed by atoms with van der Waals surface area (Å²) in [7, 11) is 0. The maximum atomic E-state index is 11.4. The van der Waals surface area contributed by atoms with Crippen molar-refractivity contribution in [2.45, 2.75) is 25.3 Å². The number of amides is 1. The zero-order valence-corrected chi connectivity index (χ0v) is 10.00. The molecule has 0 aliphatic heterocycles. The smallest absolute Gasteiger partial charge is 0.221 e. The molecule has 1 amide bonds. The van der Waals surface area contributed by atoms with Gasteiger partial charge in [0.05, 0.1) is 0 Å². The Bertz CT molecular complexity index is 421. The van der Waals surface area contributed by atoms with E-state index in [1.54, 1.807) is 0 Å². The van der Waals surface area contributed by atoms with E-state index < -0.39 is 0 Å². The van der Waals surface area contributed by atoms with Crippen LogP contribution in [0.5, 0.6) is 0 Å². The van der Waals surface area contributed by atoms with Gasteiger partial charge in [-0.3, -0.25) is 4.79 Å². The van der Waals surface area contributed by atoms with Crippen LogP contribution in [0.25, 0.3) is 0 Å². The molecular formula is C10H14ClN5O. The molecule has 0 spiro atoms. The van der Waals surface area contributed by atoms with Gasteiger partial charge in [0, 0.05) is 19.0 Å². The lowest BCUT2D eigenvalue weighted by Crippen LogP contribution is -2.27. The fourth-order valence-corrected chi connectivity index (χ4v) is 1.47. The molecule has 4 N–H and O–H groups in total. The van der Waals surface area contributed by atoms with E-state index in [0.717, 1.165) is 12.8 Å². The first kappa shape index (κ1) is 11.9. The van der Waals surface area contributed by atoms with Gasteiger partial charge in [0.1, 0.15) is 12.0 Å². The normalized spacial score (nSPS) is 14.4. The summed E-state index contributed by atoms with van der Waals surface area (Å²) in [6.07, 6.45) is 3.89. The fourth-order valence-electron chi connectivity index (χ4n) is 1.34.